The number of benzene rings is 2. The molecular weight excluding hydrogens is 357 g/mol. The maximum Gasteiger partial charge on any atom is 0.255 e. The van der Waals surface area contributed by atoms with Crippen LogP contribution in [0.3, 0.4) is 0 Å². The number of halogens is 4. The lowest BCUT2D eigenvalue weighted by Gasteiger charge is -2.08. The Bertz CT molecular complexity index is 880. The zero-order valence-corrected chi connectivity index (χ0v) is 12.7. The standard InChI is InChI=1S/C13H8ClF3N2O3S/c14-8-2-1-6(3-11(8)23(18,21)22)13(20)19-7-4-9(15)12(17)10(16)5-7/h1-5H,(H,19,20)(H2,18,21,22). The van der Waals surface area contributed by atoms with Gasteiger partial charge in [-0.2, -0.15) is 0 Å². The average molecular weight is 365 g/mol. The summed E-state index contributed by atoms with van der Waals surface area (Å²) in [5.41, 5.74) is -0.526. The maximum absolute atomic E-state index is 13.1. The van der Waals surface area contributed by atoms with Gasteiger partial charge in [-0.05, 0) is 18.2 Å². The Morgan fingerprint density at radius 3 is 2.17 bits per heavy atom. The van der Waals surface area contributed by atoms with Gasteiger partial charge in [-0.15, -0.1) is 0 Å². The first-order chi connectivity index (χ1) is 10.6. The van der Waals surface area contributed by atoms with Gasteiger partial charge in [0.15, 0.2) is 17.5 Å². The number of nitrogens with two attached hydrogens (primary N) is 1. The number of amides is 1. The van der Waals surface area contributed by atoms with Gasteiger partial charge in [-0.1, -0.05) is 11.6 Å². The van der Waals surface area contributed by atoms with E-state index in [1.54, 1.807) is 0 Å². The second-order valence-corrected chi connectivity index (χ2v) is 6.34. The number of hydrogen-bond acceptors (Lipinski definition) is 3. The molecule has 3 N–H and O–H groups in total. The van der Waals surface area contributed by atoms with E-state index in [2.05, 4.69) is 5.32 Å². The van der Waals surface area contributed by atoms with Crippen LogP contribution >= 0.6 is 11.6 Å². The highest BCUT2D eigenvalue weighted by Crippen LogP contribution is 2.23. The molecule has 1 amide bonds. The van der Waals surface area contributed by atoms with Gasteiger partial charge in [0.25, 0.3) is 5.91 Å². The van der Waals surface area contributed by atoms with Gasteiger partial charge in [0.1, 0.15) is 4.90 Å². The molecular formula is C13H8ClF3N2O3S. The van der Waals surface area contributed by atoms with Crippen molar-refractivity contribution in [3.63, 3.8) is 0 Å². The molecule has 2 aromatic rings. The van der Waals surface area contributed by atoms with Crippen molar-refractivity contribution in [1.82, 2.24) is 0 Å². The number of rotatable bonds is 3. The third-order valence-corrected chi connectivity index (χ3v) is 4.13. The minimum atomic E-state index is -4.16. The Balaban J connectivity index is 2.35. The van der Waals surface area contributed by atoms with Crippen LogP contribution in [0.5, 0.6) is 0 Å². The van der Waals surface area contributed by atoms with Gasteiger partial charge >= 0.3 is 0 Å². The first kappa shape index (κ1) is 17.3. The number of sulfonamides is 1. The van der Waals surface area contributed by atoms with Crippen LogP contribution in [0.25, 0.3) is 0 Å². The summed E-state index contributed by atoms with van der Waals surface area (Å²) in [6.07, 6.45) is 0. The lowest BCUT2D eigenvalue weighted by molar-refractivity contribution is 0.102. The van der Waals surface area contributed by atoms with Gasteiger partial charge < -0.3 is 5.32 Å². The van der Waals surface area contributed by atoms with Crippen LogP contribution in [0.2, 0.25) is 5.02 Å². The number of carbonyl (C=O) groups is 1. The van der Waals surface area contributed by atoms with Crippen LogP contribution in [0.15, 0.2) is 35.2 Å². The van der Waals surface area contributed by atoms with Crippen molar-refractivity contribution in [3.05, 3.63) is 58.4 Å². The predicted octanol–water partition coefficient (Wildman–Crippen LogP) is 2.66. The van der Waals surface area contributed by atoms with E-state index in [4.69, 9.17) is 16.7 Å². The lowest BCUT2D eigenvalue weighted by Crippen LogP contribution is -2.16. The third kappa shape index (κ3) is 3.81. The normalized spacial score (nSPS) is 11.3. The largest absolute Gasteiger partial charge is 0.322 e. The van der Waals surface area contributed by atoms with E-state index in [0.29, 0.717) is 12.1 Å². The Hall–Kier alpha value is -2.10. The van der Waals surface area contributed by atoms with Crippen molar-refractivity contribution >= 4 is 33.2 Å². The summed E-state index contributed by atoms with van der Waals surface area (Å²) in [4.78, 5) is 11.5. The summed E-state index contributed by atoms with van der Waals surface area (Å²) >= 11 is 5.67. The van der Waals surface area contributed by atoms with Crippen molar-refractivity contribution in [2.24, 2.45) is 5.14 Å². The van der Waals surface area contributed by atoms with Crippen LogP contribution < -0.4 is 10.5 Å². The quantitative estimate of drug-likeness (QED) is 0.820. The van der Waals surface area contributed by atoms with E-state index >= 15 is 0 Å². The highest BCUT2D eigenvalue weighted by atomic mass is 35.5. The number of primary sulfonamides is 1. The smallest absolute Gasteiger partial charge is 0.255 e. The van der Waals surface area contributed by atoms with Crippen molar-refractivity contribution in [1.29, 1.82) is 0 Å². The summed E-state index contributed by atoms with van der Waals surface area (Å²) in [5.74, 6) is -5.54. The highest BCUT2D eigenvalue weighted by molar-refractivity contribution is 7.89. The molecule has 0 fully saturated rings. The summed E-state index contributed by atoms with van der Waals surface area (Å²) in [6, 6.07) is 4.37. The summed E-state index contributed by atoms with van der Waals surface area (Å²) in [7, 11) is -4.16. The molecule has 0 aliphatic carbocycles. The van der Waals surface area contributed by atoms with Crippen molar-refractivity contribution in [3.8, 4) is 0 Å². The van der Waals surface area contributed by atoms with E-state index < -0.39 is 38.3 Å². The highest BCUT2D eigenvalue weighted by Gasteiger charge is 2.17. The molecule has 0 spiro atoms. The van der Waals surface area contributed by atoms with E-state index in [1.807, 2.05) is 0 Å². The minimum absolute atomic E-state index is 0.177. The zero-order chi connectivity index (χ0) is 17.4. The first-order valence-corrected chi connectivity index (χ1v) is 7.80. The van der Waals surface area contributed by atoms with Gasteiger partial charge in [-0.25, -0.2) is 26.7 Å². The molecule has 0 heterocycles. The van der Waals surface area contributed by atoms with Crippen molar-refractivity contribution in [2.75, 3.05) is 5.32 Å². The van der Waals surface area contributed by atoms with Crippen LogP contribution in [0.4, 0.5) is 18.9 Å². The molecule has 2 rings (SSSR count). The third-order valence-electron chi connectivity index (χ3n) is 2.74. The van der Waals surface area contributed by atoms with Crippen LogP contribution in [-0.4, -0.2) is 14.3 Å². The van der Waals surface area contributed by atoms with Gasteiger partial charge in [0.05, 0.1) is 5.02 Å². The molecule has 0 saturated heterocycles. The summed E-state index contributed by atoms with van der Waals surface area (Å²) < 4.78 is 61.7. The fraction of sp³-hybridized carbons (Fsp3) is 0. The Labute approximate surface area is 133 Å². The topological polar surface area (TPSA) is 89.3 Å². The van der Waals surface area contributed by atoms with E-state index in [-0.39, 0.29) is 16.3 Å². The second kappa shape index (κ2) is 6.19. The molecule has 0 atom stereocenters. The molecule has 0 aromatic heterocycles. The van der Waals surface area contributed by atoms with E-state index in [1.165, 1.54) is 6.07 Å². The summed E-state index contributed by atoms with van der Waals surface area (Å²) in [5, 5.41) is 6.86. The molecule has 0 saturated carbocycles. The fourth-order valence-corrected chi connectivity index (χ4v) is 2.76. The molecule has 122 valence electrons. The number of carbonyl (C=O) groups excluding carboxylic acids is 1. The zero-order valence-electron chi connectivity index (χ0n) is 11.1. The number of hydrogen-bond donors (Lipinski definition) is 2. The fourth-order valence-electron chi connectivity index (χ4n) is 1.69. The van der Waals surface area contributed by atoms with E-state index in [0.717, 1.165) is 12.1 Å². The van der Waals surface area contributed by atoms with Gasteiger partial charge in [-0.3, -0.25) is 4.79 Å². The molecule has 0 aliphatic heterocycles. The molecule has 2 aromatic carbocycles. The van der Waals surface area contributed by atoms with Gasteiger partial charge in [0.2, 0.25) is 10.0 Å². The number of nitrogens with one attached hydrogen (secondary N) is 1. The van der Waals surface area contributed by atoms with Gasteiger partial charge in [0, 0.05) is 23.4 Å². The number of anilines is 1. The minimum Gasteiger partial charge on any atom is -0.322 e. The monoisotopic (exact) mass is 364 g/mol. The molecule has 10 heteroatoms. The Morgan fingerprint density at radius 2 is 1.65 bits per heavy atom. The molecule has 0 aliphatic rings. The molecule has 5 nitrogen and oxygen atoms in total. The maximum atomic E-state index is 13.1. The Morgan fingerprint density at radius 1 is 1.09 bits per heavy atom. The van der Waals surface area contributed by atoms with Crippen molar-refractivity contribution < 1.29 is 26.4 Å². The first-order valence-electron chi connectivity index (χ1n) is 5.88. The summed E-state index contributed by atoms with van der Waals surface area (Å²) in [6.45, 7) is 0. The van der Waals surface area contributed by atoms with Crippen LogP contribution in [0.1, 0.15) is 10.4 Å². The second-order valence-electron chi connectivity index (χ2n) is 4.40. The molecule has 0 unspecified atom stereocenters. The predicted molar refractivity (Wildman–Crippen MR) is 77.1 cm³/mol. The molecule has 0 radical (unpaired) electrons. The average Bonchev–Trinajstić information content (AvgIpc) is 2.43. The van der Waals surface area contributed by atoms with Crippen LogP contribution in [0, 0.1) is 17.5 Å². The Kier molecular flexibility index (Phi) is 4.64. The SMILES string of the molecule is NS(=O)(=O)c1cc(C(=O)Nc2cc(F)c(F)c(F)c2)ccc1Cl. The van der Waals surface area contributed by atoms with Crippen LogP contribution in [-0.2, 0) is 10.0 Å². The molecule has 23 heavy (non-hydrogen) atoms. The molecule has 0 bridgehead atoms. The lowest BCUT2D eigenvalue weighted by atomic mass is 10.2. The van der Waals surface area contributed by atoms with Crippen molar-refractivity contribution in [2.45, 2.75) is 4.90 Å². The van der Waals surface area contributed by atoms with E-state index in [9.17, 15) is 26.4 Å².